The van der Waals surface area contributed by atoms with E-state index in [1.54, 1.807) is 18.0 Å². The number of aromatic nitrogens is 3. The van der Waals surface area contributed by atoms with Crippen LogP contribution in [0.25, 0.3) is 0 Å². The molecular formula is C19H21N5S. The summed E-state index contributed by atoms with van der Waals surface area (Å²) in [5, 5.41) is 12.0. The molecule has 0 radical (unpaired) electrons. The summed E-state index contributed by atoms with van der Waals surface area (Å²) in [6, 6.07) is 14.3. The number of nitrogens with zero attached hydrogens (tertiary/aromatic N) is 3. The number of anilines is 1. The van der Waals surface area contributed by atoms with Crippen LogP contribution in [0.4, 0.5) is 5.95 Å². The van der Waals surface area contributed by atoms with E-state index in [1.807, 2.05) is 30.3 Å². The van der Waals surface area contributed by atoms with Crippen LogP contribution in [0.1, 0.15) is 27.8 Å². The second kappa shape index (κ2) is 7.98. The number of aromatic amines is 1. The van der Waals surface area contributed by atoms with Crippen molar-refractivity contribution in [1.29, 1.82) is 0 Å². The Morgan fingerprint density at radius 3 is 2.56 bits per heavy atom. The second-order valence-corrected chi connectivity index (χ2v) is 6.86. The van der Waals surface area contributed by atoms with Crippen LogP contribution in [0, 0.1) is 20.8 Å². The highest BCUT2D eigenvalue weighted by molar-refractivity contribution is 7.98. The van der Waals surface area contributed by atoms with Gasteiger partial charge in [-0.2, -0.15) is 10.1 Å². The van der Waals surface area contributed by atoms with Gasteiger partial charge in [0.15, 0.2) is 0 Å². The van der Waals surface area contributed by atoms with E-state index in [0.717, 1.165) is 11.3 Å². The lowest BCUT2D eigenvalue weighted by atomic mass is 10.0. The quantitative estimate of drug-likeness (QED) is 0.391. The number of rotatable bonds is 6. The molecule has 0 aliphatic rings. The predicted molar refractivity (Wildman–Crippen MR) is 104 cm³/mol. The molecule has 5 nitrogen and oxygen atoms in total. The highest BCUT2D eigenvalue weighted by Gasteiger charge is 2.08. The average molecular weight is 351 g/mol. The van der Waals surface area contributed by atoms with Crippen molar-refractivity contribution in [3.8, 4) is 0 Å². The fourth-order valence-electron chi connectivity index (χ4n) is 2.64. The molecule has 0 unspecified atom stereocenters. The highest BCUT2D eigenvalue weighted by Crippen LogP contribution is 2.25. The maximum atomic E-state index is 4.40. The molecule has 0 bridgehead atoms. The van der Waals surface area contributed by atoms with Gasteiger partial charge in [-0.15, -0.1) is 5.10 Å². The third kappa shape index (κ3) is 4.70. The maximum Gasteiger partial charge on any atom is 0.240 e. The first-order valence-corrected chi connectivity index (χ1v) is 9.06. The van der Waals surface area contributed by atoms with Crippen LogP contribution in [0.3, 0.4) is 0 Å². The number of hydrazone groups is 1. The molecule has 2 aromatic carbocycles. The molecule has 0 fully saturated rings. The third-order valence-corrected chi connectivity index (χ3v) is 4.71. The smallest absolute Gasteiger partial charge is 0.240 e. The first-order chi connectivity index (χ1) is 12.1. The molecule has 0 aliphatic heterocycles. The van der Waals surface area contributed by atoms with E-state index in [2.05, 4.69) is 58.6 Å². The molecule has 6 heteroatoms. The molecule has 0 spiro atoms. The molecule has 1 heterocycles. The fourth-order valence-corrected chi connectivity index (χ4v) is 3.64. The molecule has 0 atom stereocenters. The van der Waals surface area contributed by atoms with Crippen molar-refractivity contribution in [2.45, 2.75) is 31.7 Å². The van der Waals surface area contributed by atoms with E-state index in [9.17, 15) is 0 Å². The molecular weight excluding hydrogens is 330 g/mol. The summed E-state index contributed by atoms with van der Waals surface area (Å²) in [5.41, 5.74) is 9.15. The minimum absolute atomic E-state index is 0.534. The molecule has 0 aliphatic carbocycles. The lowest BCUT2D eigenvalue weighted by molar-refractivity contribution is 0.972. The average Bonchev–Trinajstić information content (AvgIpc) is 3.03. The van der Waals surface area contributed by atoms with E-state index >= 15 is 0 Å². The van der Waals surface area contributed by atoms with E-state index < -0.39 is 0 Å². The van der Waals surface area contributed by atoms with Crippen molar-refractivity contribution in [1.82, 2.24) is 15.2 Å². The van der Waals surface area contributed by atoms with Gasteiger partial charge in [0.25, 0.3) is 0 Å². The Labute approximate surface area is 152 Å². The number of H-pyrrole nitrogens is 1. The molecule has 0 amide bonds. The van der Waals surface area contributed by atoms with Crippen LogP contribution in [0.15, 0.2) is 52.7 Å². The monoisotopic (exact) mass is 351 g/mol. The van der Waals surface area contributed by atoms with E-state index in [4.69, 9.17) is 0 Å². The first kappa shape index (κ1) is 17.2. The van der Waals surface area contributed by atoms with Gasteiger partial charge in [-0.05, 0) is 43.0 Å². The van der Waals surface area contributed by atoms with Crippen LogP contribution < -0.4 is 5.43 Å². The summed E-state index contributed by atoms with van der Waals surface area (Å²) in [6.45, 7) is 6.43. The number of thioether (sulfide) groups is 1. The Bertz CT molecular complexity index is 848. The summed E-state index contributed by atoms with van der Waals surface area (Å²) in [5.74, 6) is 1.38. The second-order valence-electron chi connectivity index (χ2n) is 5.91. The zero-order valence-electron chi connectivity index (χ0n) is 14.6. The van der Waals surface area contributed by atoms with Gasteiger partial charge in [-0.25, -0.2) is 10.5 Å². The Morgan fingerprint density at radius 1 is 1.12 bits per heavy atom. The Balaban J connectivity index is 1.58. The standard InChI is InChI=1S/C19H21N5S/c1-13-9-14(2)17(15(3)10-13)12-25-19-21-18(23-24-19)22-20-11-16-7-5-4-6-8-16/h4-11H,12H2,1-3H3,(H2,21,22,23,24)/b20-11-. The largest absolute Gasteiger partial charge is 0.246 e. The van der Waals surface area contributed by atoms with Crippen LogP contribution in [-0.4, -0.2) is 21.4 Å². The predicted octanol–water partition coefficient (Wildman–Crippen LogP) is 4.47. The van der Waals surface area contributed by atoms with E-state index in [1.165, 1.54) is 22.3 Å². The van der Waals surface area contributed by atoms with Crippen molar-refractivity contribution in [3.63, 3.8) is 0 Å². The summed E-state index contributed by atoms with van der Waals surface area (Å²) < 4.78 is 0. The lowest BCUT2D eigenvalue weighted by Gasteiger charge is -2.09. The normalized spacial score (nSPS) is 11.2. The van der Waals surface area contributed by atoms with Gasteiger partial charge in [0.2, 0.25) is 11.1 Å². The van der Waals surface area contributed by atoms with E-state index in [0.29, 0.717) is 11.1 Å². The van der Waals surface area contributed by atoms with E-state index in [-0.39, 0.29) is 0 Å². The molecule has 1 aromatic heterocycles. The zero-order chi connectivity index (χ0) is 17.6. The van der Waals surface area contributed by atoms with Gasteiger partial charge in [-0.1, -0.05) is 59.8 Å². The van der Waals surface area contributed by atoms with Gasteiger partial charge in [0.05, 0.1) is 6.21 Å². The summed E-state index contributed by atoms with van der Waals surface area (Å²) in [6.07, 6.45) is 1.74. The maximum absolute atomic E-state index is 4.40. The molecule has 0 saturated heterocycles. The Morgan fingerprint density at radius 2 is 1.84 bits per heavy atom. The molecule has 3 aromatic rings. The molecule has 128 valence electrons. The molecule has 25 heavy (non-hydrogen) atoms. The van der Waals surface area contributed by atoms with Crippen molar-refractivity contribution >= 4 is 23.9 Å². The Hall–Kier alpha value is -2.60. The summed E-state index contributed by atoms with van der Waals surface area (Å²) in [4.78, 5) is 4.40. The molecule has 3 rings (SSSR count). The van der Waals surface area contributed by atoms with Crippen molar-refractivity contribution in [3.05, 3.63) is 70.3 Å². The summed E-state index contributed by atoms with van der Waals surface area (Å²) in [7, 11) is 0. The van der Waals surface area contributed by atoms with Gasteiger partial charge >= 0.3 is 0 Å². The van der Waals surface area contributed by atoms with Crippen molar-refractivity contribution < 1.29 is 0 Å². The van der Waals surface area contributed by atoms with Crippen LogP contribution in [0.5, 0.6) is 0 Å². The van der Waals surface area contributed by atoms with Crippen LogP contribution in [0.2, 0.25) is 0 Å². The zero-order valence-corrected chi connectivity index (χ0v) is 15.4. The third-order valence-electron chi connectivity index (χ3n) is 3.83. The number of nitrogens with one attached hydrogen (secondary N) is 2. The number of hydrogen-bond acceptors (Lipinski definition) is 5. The number of benzene rings is 2. The minimum Gasteiger partial charge on any atom is -0.246 e. The van der Waals surface area contributed by atoms with Crippen LogP contribution >= 0.6 is 11.8 Å². The van der Waals surface area contributed by atoms with Gasteiger partial charge in [-0.3, -0.25) is 0 Å². The lowest BCUT2D eigenvalue weighted by Crippen LogP contribution is -1.93. The Kier molecular flexibility index (Phi) is 5.50. The number of hydrogen-bond donors (Lipinski definition) is 2. The molecule has 0 saturated carbocycles. The highest BCUT2D eigenvalue weighted by atomic mass is 32.2. The van der Waals surface area contributed by atoms with Gasteiger partial charge in [0.1, 0.15) is 0 Å². The van der Waals surface area contributed by atoms with Crippen molar-refractivity contribution in [2.75, 3.05) is 5.43 Å². The SMILES string of the molecule is Cc1cc(C)c(CSc2n[nH]c(N/N=C\c3ccccc3)n2)c(C)c1. The molecule has 2 N–H and O–H groups in total. The summed E-state index contributed by atoms with van der Waals surface area (Å²) >= 11 is 1.61. The fraction of sp³-hybridized carbons (Fsp3) is 0.211. The van der Waals surface area contributed by atoms with Crippen molar-refractivity contribution in [2.24, 2.45) is 5.10 Å². The number of aryl methyl sites for hydroxylation is 3. The topological polar surface area (TPSA) is 66.0 Å². The van der Waals surface area contributed by atoms with Gasteiger partial charge in [0, 0.05) is 5.75 Å². The van der Waals surface area contributed by atoms with Gasteiger partial charge < -0.3 is 0 Å². The minimum atomic E-state index is 0.534. The van der Waals surface area contributed by atoms with Crippen LogP contribution in [-0.2, 0) is 5.75 Å². The first-order valence-electron chi connectivity index (χ1n) is 8.08.